The second-order valence-corrected chi connectivity index (χ2v) is 14.4. The molecule has 0 aliphatic heterocycles. The molecule has 7 aromatic carbocycles. The van der Waals surface area contributed by atoms with Crippen LogP contribution in [0.5, 0.6) is 0 Å². The molecule has 0 saturated carbocycles. The molecule has 1 aromatic heterocycles. The van der Waals surface area contributed by atoms with Gasteiger partial charge in [0.2, 0.25) is 0 Å². The van der Waals surface area contributed by atoms with E-state index in [9.17, 15) is 0 Å². The molecule has 0 fully saturated rings. The van der Waals surface area contributed by atoms with Gasteiger partial charge in [-0.05, 0) is 100 Å². The van der Waals surface area contributed by atoms with Gasteiger partial charge in [-0.3, -0.25) is 0 Å². The van der Waals surface area contributed by atoms with Crippen molar-refractivity contribution in [2.24, 2.45) is 7.05 Å². The predicted molar refractivity (Wildman–Crippen MR) is 218 cm³/mol. The number of fused-ring (bicyclic) bond motifs is 8. The Labute approximate surface area is 301 Å². The topological polar surface area (TPSA) is 8.17 Å². The molecule has 8 aromatic rings. The third kappa shape index (κ3) is 5.00. The molecule has 0 amide bonds. The Bertz CT molecular complexity index is 2530. The van der Waals surface area contributed by atoms with Gasteiger partial charge in [0.1, 0.15) is 0 Å². The van der Waals surface area contributed by atoms with Crippen LogP contribution >= 0.6 is 0 Å². The summed E-state index contributed by atoms with van der Waals surface area (Å²) in [4.78, 5) is 2.51. The quantitative estimate of drug-likeness (QED) is 0.150. The van der Waals surface area contributed by atoms with Gasteiger partial charge in [-0.2, -0.15) is 0 Å². The molecule has 9 rings (SSSR count). The van der Waals surface area contributed by atoms with Crippen LogP contribution in [0, 0.1) is 0 Å². The van der Waals surface area contributed by atoms with Gasteiger partial charge in [0.25, 0.3) is 0 Å². The minimum absolute atomic E-state index is 0.0540. The van der Waals surface area contributed by atoms with Crippen LogP contribution in [0.25, 0.3) is 43.7 Å². The monoisotopic (exact) mass is 660 g/mol. The molecule has 2 heteroatoms. The number of rotatable bonds is 9. The summed E-state index contributed by atoms with van der Waals surface area (Å²) in [5.41, 5.74) is 14.6. The molecule has 0 unspecified atom stereocenters. The first-order chi connectivity index (χ1) is 25.1. The second-order valence-electron chi connectivity index (χ2n) is 14.4. The first-order valence-electron chi connectivity index (χ1n) is 18.7. The Morgan fingerprint density at radius 3 is 1.90 bits per heavy atom. The van der Waals surface area contributed by atoms with E-state index < -0.39 is 0 Å². The summed E-state index contributed by atoms with van der Waals surface area (Å²) in [7, 11) is 2.18. The number of aromatic nitrogens is 1. The Morgan fingerprint density at radius 2 is 1.16 bits per heavy atom. The zero-order chi connectivity index (χ0) is 34.5. The van der Waals surface area contributed by atoms with Crippen molar-refractivity contribution in [1.29, 1.82) is 0 Å². The highest BCUT2D eigenvalue weighted by Crippen LogP contribution is 2.58. The highest BCUT2D eigenvalue weighted by molar-refractivity contribution is 6.12. The fourth-order valence-electron chi connectivity index (χ4n) is 9.32. The van der Waals surface area contributed by atoms with Crippen molar-refractivity contribution in [3.8, 4) is 11.1 Å². The molecule has 0 radical (unpaired) electrons. The van der Waals surface area contributed by atoms with Crippen molar-refractivity contribution in [2.75, 3.05) is 4.90 Å². The Morgan fingerprint density at radius 1 is 0.510 bits per heavy atom. The fraction of sp³-hybridized carbons (Fsp3) is 0.184. The van der Waals surface area contributed by atoms with Crippen molar-refractivity contribution < 1.29 is 0 Å². The predicted octanol–water partition coefficient (Wildman–Crippen LogP) is 13.4. The minimum Gasteiger partial charge on any atom is -0.344 e. The summed E-state index contributed by atoms with van der Waals surface area (Å²) in [5.74, 6) is 0. The van der Waals surface area contributed by atoms with Crippen molar-refractivity contribution in [1.82, 2.24) is 4.57 Å². The van der Waals surface area contributed by atoms with Crippen LogP contribution < -0.4 is 4.90 Å². The first-order valence-corrected chi connectivity index (χ1v) is 18.7. The molecular formula is C49H44N2. The minimum atomic E-state index is -0.0540. The second kappa shape index (κ2) is 12.6. The normalized spacial score (nSPS) is 13.2. The van der Waals surface area contributed by atoms with Crippen LogP contribution in [-0.4, -0.2) is 4.57 Å². The highest BCUT2D eigenvalue weighted by Gasteiger charge is 2.43. The largest absolute Gasteiger partial charge is 0.344 e. The van der Waals surface area contributed by atoms with Crippen molar-refractivity contribution in [2.45, 2.75) is 51.4 Å². The van der Waals surface area contributed by atoms with E-state index in [2.05, 4.69) is 182 Å². The molecule has 0 bridgehead atoms. The van der Waals surface area contributed by atoms with Gasteiger partial charge in [0.05, 0.1) is 5.69 Å². The van der Waals surface area contributed by atoms with E-state index in [4.69, 9.17) is 0 Å². The van der Waals surface area contributed by atoms with Gasteiger partial charge in [-0.15, -0.1) is 0 Å². The Kier molecular flexibility index (Phi) is 7.77. The lowest BCUT2D eigenvalue weighted by Crippen LogP contribution is -2.25. The lowest BCUT2D eigenvalue weighted by Gasteiger charge is -2.34. The average Bonchev–Trinajstić information content (AvgIpc) is 3.61. The van der Waals surface area contributed by atoms with Crippen LogP contribution in [0.2, 0.25) is 0 Å². The fourth-order valence-corrected chi connectivity index (χ4v) is 9.32. The molecular weight excluding hydrogens is 617 g/mol. The zero-order valence-corrected chi connectivity index (χ0v) is 29.9. The summed E-state index contributed by atoms with van der Waals surface area (Å²) >= 11 is 0. The lowest BCUT2D eigenvalue weighted by atomic mass is 9.71. The first kappa shape index (κ1) is 31.4. The molecule has 51 heavy (non-hydrogen) atoms. The molecule has 2 nitrogen and oxygen atoms in total. The van der Waals surface area contributed by atoms with Crippen molar-refractivity contribution in [3.63, 3.8) is 0 Å². The summed E-state index contributed by atoms with van der Waals surface area (Å²) < 4.78 is 2.32. The molecule has 0 N–H and O–H groups in total. The van der Waals surface area contributed by atoms with E-state index in [1.165, 1.54) is 83.0 Å². The van der Waals surface area contributed by atoms with E-state index >= 15 is 0 Å². The number of para-hydroxylation sites is 2. The van der Waals surface area contributed by atoms with Gasteiger partial charge < -0.3 is 9.47 Å². The van der Waals surface area contributed by atoms with Crippen LogP contribution in [0.15, 0.2) is 152 Å². The smallest absolute Gasteiger partial charge is 0.0543 e. The maximum atomic E-state index is 2.58. The maximum Gasteiger partial charge on any atom is 0.0543 e. The van der Waals surface area contributed by atoms with Gasteiger partial charge in [-0.1, -0.05) is 136 Å². The summed E-state index contributed by atoms with van der Waals surface area (Å²) in [6, 6.07) is 56.8. The molecule has 0 spiro atoms. The van der Waals surface area contributed by atoms with Crippen LogP contribution in [0.3, 0.4) is 0 Å². The third-order valence-electron chi connectivity index (χ3n) is 11.4. The van der Waals surface area contributed by atoms with Crippen LogP contribution in [0.1, 0.15) is 61.8 Å². The average molecular weight is 661 g/mol. The molecule has 1 heterocycles. The molecule has 1 aliphatic carbocycles. The molecule has 250 valence electrons. The third-order valence-corrected chi connectivity index (χ3v) is 11.4. The van der Waals surface area contributed by atoms with Crippen LogP contribution in [-0.2, 0) is 18.9 Å². The number of benzene rings is 7. The van der Waals surface area contributed by atoms with E-state index in [0.29, 0.717) is 0 Å². The van der Waals surface area contributed by atoms with Crippen molar-refractivity contribution in [3.05, 3.63) is 174 Å². The number of hydrogen-bond acceptors (Lipinski definition) is 1. The summed E-state index contributed by atoms with van der Waals surface area (Å²) in [6.45, 7) is 4.72. The summed E-state index contributed by atoms with van der Waals surface area (Å²) in [6.07, 6.45) is 5.46. The van der Waals surface area contributed by atoms with E-state index in [1.54, 1.807) is 0 Å². The number of anilines is 3. The molecule has 0 atom stereocenters. The number of aryl methyl sites for hydroxylation is 1. The van der Waals surface area contributed by atoms with Crippen molar-refractivity contribution >= 4 is 49.6 Å². The molecule has 0 saturated heterocycles. The zero-order valence-electron chi connectivity index (χ0n) is 29.9. The van der Waals surface area contributed by atoms with Gasteiger partial charge in [0, 0.05) is 51.0 Å². The van der Waals surface area contributed by atoms with Crippen LogP contribution in [0.4, 0.5) is 17.1 Å². The van der Waals surface area contributed by atoms with E-state index in [1.807, 2.05) is 0 Å². The van der Waals surface area contributed by atoms with E-state index in [0.717, 1.165) is 32.1 Å². The SMILES string of the molecule is CCCC1(CCC)c2cc(Cc3ccccc3)ccc2-c2c1cc(N(c1ccccc1)c1ccc3c(c1)c1ccccc1n3C)c1ccccc21. The van der Waals surface area contributed by atoms with E-state index in [-0.39, 0.29) is 5.41 Å². The van der Waals surface area contributed by atoms with Gasteiger partial charge >= 0.3 is 0 Å². The Hall–Kier alpha value is -5.60. The number of hydrogen-bond donors (Lipinski definition) is 0. The number of nitrogens with zero attached hydrogens (tertiary/aromatic N) is 2. The standard InChI is InChI=1S/C49H44N2/c1-4-28-49(29-5-2)43-31-35(30-34-16-8-6-9-17-34)24-26-41(43)48-40-22-13-12-20-38(40)47(33-44(48)49)51(36-18-10-7-11-19-36)37-25-27-46-42(32-37)39-21-14-15-23-45(39)50(46)3/h6-27,31-33H,4-5,28-30H2,1-3H3. The van der Waals surface area contributed by atoms with Gasteiger partial charge in [0.15, 0.2) is 0 Å². The lowest BCUT2D eigenvalue weighted by molar-refractivity contribution is 0.436. The highest BCUT2D eigenvalue weighted by atomic mass is 15.1. The molecule has 1 aliphatic rings. The Balaban J connectivity index is 1.31. The maximum absolute atomic E-state index is 2.58. The van der Waals surface area contributed by atoms with Gasteiger partial charge in [-0.25, -0.2) is 0 Å². The summed E-state index contributed by atoms with van der Waals surface area (Å²) in [5, 5.41) is 5.18.